The highest BCUT2D eigenvalue weighted by Crippen LogP contribution is 2.08. The molecule has 0 aliphatic heterocycles. The van der Waals surface area contributed by atoms with Gasteiger partial charge in [-0.2, -0.15) is 0 Å². The molecule has 1 amide bonds. The van der Waals surface area contributed by atoms with E-state index in [1.807, 2.05) is 0 Å². The number of aromatic nitrogens is 4. The fraction of sp³-hybridized carbons (Fsp3) is 0.273. The number of hydrogen-bond donors (Lipinski definition) is 1. The molecule has 2 aromatic rings. The summed E-state index contributed by atoms with van der Waals surface area (Å²) in [5.41, 5.74) is 1.40. The molecule has 1 aromatic carbocycles. The summed E-state index contributed by atoms with van der Waals surface area (Å²) in [6.45, 7) is 2.09. The lowest BCUT2D eigenvalue weighted by Crippen LogP contribution is -2.27. The average Bonchev–Trinajstić information content (AvgIpc) is 2.83. The van der Waals surface area contributed by atoms with Crippen molar-refractivity contribution in [3.05, 3.63) is 41.5 Å². The second-order valence-electron chi connectivity index (χ2n) is 3.87. The molecule has 0 bridgehead atoms. The number of carbonyl (C=O) groups is 1. The van der Waals surface area contributed by atoms with Crippen molar-refractivity contribution < 1.29 is 9.18 Å². The molecule has 0 unspecified atom stereocenters. The zero-order chi connectivity index (χ0) is 13.0. The van der Waals surface area contributed by atoms with Crippen molar-refractivity contribution in [1.82, 2.24) is 25.5 Å². The summed E-state index contributed by atoms with van der Waals surface area (Å²) in [4.78, 5) is 11.5. The zero-order valence-electron chi connectivity index (χ0n) is 9.80. The number of amides is 1. The summed E-state index contributed by atoms with van der Waals surface area (Å²) >= 11 is 0. The van der Waals surface area contributed by atoms with E-state index in [0.29, 0.717) is 12.1 Å². The van der Waals surface area contributed by atoms with Crippen molar-refractivity contribution in [3.8, 4) is 0 Å². The van der Waals surface area contributed by atoms with Crippen LogP contribution in [0.3, 0.4) is 0 Å². The van der Waals surface area contributed by atoms with E-state index in [-0.39, 0.29) is 18.3 Å². The van der Waals surface area contributed by atoms with Crippen LogP contribution in [0.2, 0.25) is 0 Å². The van der Waals surface area contributed by atoms with E-state index in [2.05, 4.69) is 20.8 Å². The van der Waals surface area contributed by atoms with E-state index in [9.17, 15) is 9.18 Å². The molecule has 0 aliphatic rings. The van der Waals surface area contributed by atoms with E-state index in [4.69, 9.17) is 0 Å². The lowest BCUT2D eigenvalue weighted by atomic mass is 10.1. The number of nitrogens with one attached hydrogen (secondary N) is 1. The molecule has 0 saturated heterocycles. The Morgan fingerprint density at radius 3 is 3.00 bits per heavy atom. The molecule has 2 rings (SSSR count). The minimum absolute atomic E-state index is 0.0627. The smallest absolute Gasteiger partial charge is 0.242 e. The van der Waals surface area contributed by atoms with Gasteiger partial charge in [0.2, 0.25) is 5.91 Å². The molecule has 0 spiro atoms. The average molecular weight is 249 g/mol. The first kappa shape index (κ1) is 12.2. The van der Waals surface area contributed by atoms with Crippen LogP contribution in [0.15, 0.2) is 24.5 Å². The van der Waals surface area contributed by atoms with Crippen LogP contribution in [0.4, 0.5) is 4.39 Å². The normalized spacial score (nSPS) is 10.3. The van der Waals surface area contributed by atoms with Crippen LogP contribution in [-0.4, -0.2) is 26.1 Å². The summed E-state index contributed by atoms with van der Waals surface area (Å²) in [7, 11) is 0. The van der Waals surface area contributed by atoms with Crippen molar-refractivity contribution in [2.24, 2.45) is 0 Å². The fourth-order valence-corrected chi connectivity index (χ4v) is 1.47. The van der Waals surface area contributed by atoms with Gasteiger partial charge in [0.1, 0.15) is 18.7 Å². The Morgan fingerprint density at radius 2 is 2.33 bits per heavy atom. The van der Waals surface area contributed by atoms with Gasteiger partial charge in [-0.05, 0) is 34.5 Å². The van der Waals surface area contributed by atoms with Gasteiger partial charge >= 0.3 is 0 Å². The first-order chi connectivity index (χ1) is 8.65. The second-order valence-corrected chi connectivity index (χ2v) is 3.87. The predicted octanol–water partition coefficient (Wildman–Crippen LogP) is 0.437. The summed E-state index contributed by atoms with van der Waals surface area (Å²) in [5, 5.41) is 13.1. The number of benzene rings is 1. The summed E-state index contributed by atoms with van der Waals surface area (Å²) in [6.07, 6.45) is 1.36. The Morgan fingerprint density at radius 1 is 1.50 bits per heavy atom. The monoisotopic (exact) mass is 249 g/mol. The van der Waals surface area contributed by atoms with Crippen LogP contribution in [0.1, 0.15) is 11.1 Å². The molecule has 0 atom stereocenters. The molecule has 18 heavy (non-hydrogen) atoms. The predicted molar refractivity (Wildman–Crippen MR) is 60.8 cm³/mol. The second kappa shape index (κ2) is 5.35. The van der Waals surface area contributed by atoms with Crippen LogP contribution in [0.25, 0.3) is 0 Å². The summed E-state index contributed by atoms with van der Waals surface area (Å²) < 4.78 is 14.4. The van der Waals surface area contributed by atoms with Gasteiger partial charge in [-0.3, -0.25) is 4.79 Å². The fourth-order valence-electron chi connectivity index (χ4n) is 1.47. The van der Waals surface area contributed by atoms with Crippen LogP contribution < -0.4 is 5.32 Å². The van der Waals surface area contributed by atoms with Gasteiger partial charge in [0.25, 0.3) is 0 Å². The third-order valence-electron chi connectivity index (χ3n) is 2.41. The molecular weight excluding hydrogens is 237 g/mol. The Balaban J connectivity index is 1.87. The number of carbonyl (C=O) groups excluding carboxylic acids is 1. The number of halogens is 1. The molecule has 0 radical (unpaired) electrons. The molecule has 94 valence electrons. The van der Waals surface area contributed by atoms with Crippen molar-refractivity contribution in [2.75, 3.05) is 0 Å². The molecule has 1 N–H and O–H groups in total. The topological polar surface area (TPSA) is 72.7 Å². The first-order valence-corrected chi connectivity index (χ1v) is 5.37. The highest BCUT2D eigenvalue weighted by atomic mass is 19.1. The maximum atomic E-state index is 13.0. The Labute approximate surface area is 103 Å². The van der Waals surface area contributed by atoms with Gasteiger partial charge in [0.05, 0.1) is 0 Å². The highest BCUT2D eigenvalue weighted by Gasteiger charge is 2.04. The van der Waals surface area contributed by atoms with Crippen molar-refractivity contribution >= 4 is 5.91 Å². The molecular formula is C11H12FN5O. The largest absolute Gasteiger partial charge is 0.350 e. The van der Waals surface area contributed by atoms with E-state index >= 15 is 0 Å². The molecule has 1 heterocycles. The number of nitrogens with zero attached hydrogens (tertiary/aromatic N) is 4. The standard InChI is InChI=1S/C11H12FN5O/c1-8-4-9(2-3-10(8)12)5-13-11(18)6-17-7-14-15-16-17/h2-4,7H,5-6H2,1H3,(H,13,18). The zero-order valence-corrected chi connectivity index (χ0v) is 9.80. The van der Waals surface area contributed by atoms with Crippen LogP contribution in [0, 0.1) is 12.7 Å². The Hall–Kier alpha value is -2.31. The van der Waals surface area contributed by atoms with E-state index in [1.54, 1.807) is 19.1 Å². The van der Waals surface area contributed by atoms with E-state index in [1.165, 1.54) is 17.1 Å². The van der Waals surface area contributed by atoms with Crippen LogP contribution in [-0.2, 0) is 17.9 Å². The third-order valence-corrected chi connectivity index (χ3v) is 2.41. The Bertz CT molecular complexity index is 540. The lowest BCUT2D eigenvalue weighted by Gasteiger charge is -2.06. The van der Waals surface area contributed by atoms with Crippen LogP contribution in [0.5, 0.6) is 0 Å². The van der Waals surface area contributed by atoms with Gasteiger partial charge in [0.15, 0.2) is 0 Å². The van der Waals surface area contributed by atoms with Gasteiger partial charge in [0, 0.05) is 6.54 Å². The van der Waals surface area contributed by atoms with E-state index in [0.717, 1.165) is 5.56 Å². The van der Waals surface area contributed by atoms with Gasteiger partial charge in [-0.1, -0.05) is 12.1 Å². The van der Waals surface area contributed by atoms with Crippen molar-refractivity contribution in [3.63, 3.8) is 0 Å². The van der Waals surface area contributed by atoms with Gasteiger partial charge in [-0.25, -0.2) is 9.07 Å². The maximum Gasteiger partial charge on any atom is 0.242 e. The minimum atomic E-state index is -0.251. The van der Waals surface area contributed by atoms with Crippen LogP contribution >= 0.6 is 0 Å². The summed E-state index contributed by atoms with van der Waals surface area (Å²) in [5.74, 6) is -0.456. The Kier molecular flexibility index (Phi) is 3.61. The first-order valence-electron chi connectivity index (χ1n) is 5.37. The molecule has 7 heteroatoms. The number of rotatable bonds is 4. The van der Waals surface area contributed by atoms with Gasteiger partial charge in [-0.15, -0.1) is 5.10 Å². The molecule has 0 aliphatic carbocycles. The molecule has 1 aromatic heterocycles. The number of aryl methyl sites for hydroxylation is 1. The molecule has 0 fully saturated rings. The quantitative estimate of drug-likeness (QED) is 0.853. The van der Waals surface area contributed by atoms with Crippen molar-refractivity contribution in [2.45, 2.75) is 20.0 Å². The molecule has 0 saturated carbocycles. The van der Waals surface area contributed by atoms with Crippen molar-refractivity contribution in [1.29, 1.82) is 0 Å². The maximum absolute atomic E-state index is 13.0. The lowest BCUT2D eigenvalue weighted by molar-refractivity contribution is -0.122. The third kappa shape index (κ3) is 3.09. The number of hydrogen-bond acceptors (Lipinski definition) is 4. The minimum Gasteiger partial charge on any atom is -0.350 e. The van der Waals surface area contributed by atoms with E-state index < -0.39 is 0 Å². The SMILES string of the molecule is Cc1cc(CNC(=O)Cn2cnnn2)ccc1F. The molecule has 6 nitrogen and oxygen atoms in total. The summed E-state index contributed by atoms with van der Waals surface area (Å²) in [6, 6.07) is 4.73. The highest BCUT2D eigenvalue weighted by molar-refractivity contribution is 5.75. The van der Waals surface area contributed by atoms with Gasteiger partial charge < -0.3 is 5.32 Å². The number of tetrazole rings is 1.